The molecule has 0 atom stereocenters. The Bertz CT molecular complexity index is 3770. The highest BCUT2D eigenvalue weighted by Gasteiger charge is 2.24. The first kappa shape index (κ1) is 36.9. The van der Waals surface area contributed by atoms with Gasteiger partial charge in [-0.05, 0) is 56.9 Å². The van der Waals surface area contributed by atoms with Gasteiger partial charge in [0.05, 0.1) is 20.4 Å². The van der Waals surface area contributed by atoms with Crippen LogP contribution in [-0.4, -0.2) is 21.7 Å². The number of hydrogen-bond acceptors (Lipinski definition) is 6. The molecule has 0 N–H and O–H groups in total. The zero-order valence-electron chi connectivity index (χ0n) is 34.3. The fraction of sp³-hybridized carbons (Fsp3) is 0. The van der Waals surface area contributed by atoms with Gasteiger partial charge >= 0.3 is 0 Å². The van der Waals surface area contributed by atoms with E-state index in [0.29, 0.717) is 5.89 Å². The van der Waals surface area contributed by atoms with Crippen molar-refractivity contribution in [1.29, 1.82) is 0 Å². The number of rotatable bonds is 7. The van der Waals surface area contributed by atoms with Crippen LogP contribution in [0.2, 0.25) is 0 Å². The lowest BCUT2D eigenvalue weighted by Crippen LogP contribution is -2.51. The average molecular weight is 852 g/mol. The van der Waals surface area contributed by atoms with Crippen molar-refractivity contribution in [3.8, 4) is 43.7 Å². The molecule has 0 unspecified atom stereocenters. The number of fused-ring (bicyclic) bond motifs is 9. The molecule has 0 fully saturated rings. The van der Waals surface area contributed by atoms with Crippen molar-refractivity contribution in [1.82, 2.24) is 15.0 Å². The molecule has 4 nitrogen and oxygen atoms in total. The van der Waals surface area contributed by atoms with E-state index >= 15 is 0 Å². The number of thiazole rings is 2. The fourth-order valence-corrected chi connectivity index (χ4v) is 11.3. The third-order valence-corrected chi connectivity index (χ3v) is 14.6. The van der Waals surface area contributed by atoms with Gasteiger partial charge in [0.2, 0.25) is 12.6 Å². The summed E-state index contributed by atoms with van der Waals surface area (Å²) in [5.41, 5.74) is 12.9. The number of nitrogens with zero attached hydrogens (tertiary/aromatic N) is 3. The Morgan fingerprint density at radius 1 is 0.359 bits per heavy atom. The normalized spacial score (nSPS) is 11.8. The van der Waals surface area contributed by atoms with Gasteiger partial charge in [-0.3, -0.25) is 0 Å². The monoisotopic (exact) mass is 851 g/mol. The second kappa shape index (κ2) is 15.0. The lowest BCUT2D eigenvalue weighted by Gasteiger charge is -2.17. The summed E-state index contributed by atoms with van der Waals surface area (Å²) in [5.74, 6) is 0.615. The molecule has 64 heavy (non-hydrogen) atoms. The maximum Gasteiger partial charge on any atom is 0.241 e. The van der Waals surface area contributed by atoms with Gasteiger partial charge in [-0.1, -0.05) is 198 Å². The van der Waals surface area contributed by atoms with Crippen LogP contribution in [0.5, 0.6) is 0 Å². The molecule has 0 saturated heterocycles. The standard InChI is InChI=1S/C57H34BN3OS2/c1-2-10-35(11-3-1)41-24-31-49-51(34-41)63-56(59-49)37-20-27-43(28-21-37)58(44-29-22-38(23-30-44)57-60-50-32-39-12-4-5-13-40(39)33-52(50)64-57)42-25-18-36(19-26-42)55-61-53-47-16-8-6-14-45(47)46-15-7-9-17-48(46)54(53)62-55/h1-34H. The molecule has 10 aromatic carbocycles. The summed E-state index contributed by atoms with van der Waals surface area (Å²) in [6.45, 7) is -0.0295. The molecule has 298 valence electrons. The number of hydrogen-bond donors (Lipinski definition) is 0. The van der Waals surface area contributed by atoms with Crippen LogP contribution in [0.3, 0.4) is 0 Å². The number of aromatic nitrogens is 3. The number of oxazole rings is 1. The summed E-state index contributed by atoms with van der Waals surface area (Å²) in [6, 6.07) is 73.6. The van der Waals surface area contributed by atoms with Crippen molar-refractivity contribution in [2.75, 3.05) is 0 Å². The summed E-state index contributed by atoms with van der Waals surface area (Å²) in [4.78, 5) is 15.3. The summed E-state index contributed by atoms with van der Waals surface area (Å²) >= 11 is 3.48. The first-order valence-electron chi connectivity index (χ1n) is 21.4. The molecule has 0 radical (unpaired) electrons. The molecule has 3 heterocycles. The molecule has 0 aliphatic carbocycles. The summed E-state index contributed by atoms with van der Waals surface area (Å²) in [5, 5.41) is 8.99. The van der Waals surface area contributed by atoms with Crippen molar-refractivity contribution in [3.63, 3.8) is 0 Å². The SMILES string of the molecule is c1ccc(-c2ccc3nc(-c4ccc(B(c5ccc(-c6nc7c8ccccc8c8ccccc8c7o6)cc5)c5ccc(-c6nc7cc8ccccc8cc7s6)cc5)cc4)sc3c2)cc1. The minimum Gasteiger partial charge on any atom is -0.435 e. The Hall–Kier alpha value is -7.71. The Balaban J connectivity index is 0.874. The van der Waals surface area contributed by atoms with Gasteiger partial charge in [-0.15, -0.1) is 22.7 Å². The highest BCUT2D eigenvalue weighted by Crippen LogP contribution is 2.38. The molecule has 0 bridgehead atoms. The predicted molar refractivity (Wildman–Crippen MR) is 272 cm³/mol. The van der Waals surface area contributed by atoms with Gasteiger partial charge < -0.3 is 4.42 Å². The fourth-order valence-electron chi connectivity index (χ4n) is 9.28. The predicted octanol–water partition coefficient (Wildman–Crippen LogP) is 13.7. The van der Waals surface area contributed by atoms with Gasteiger partial charge in [-0.25, -0.2) is 15.0 Å². The Labute approximate surface area is 376 Å². The van der Waals surface area contributed by atoms with E-state index in [9.17, 15) is 0 Å². The maximum absolute atomic E-state index is 6.63. The largest absolute Gasteiger partial charge is 0.435 e. The van der Waals surface area contributed by atoms with Gasteiger partial charge in [0, 0.05) is 27.5 Å². The molecule has 0 aliphatic heterocycles. The smallest absolute Gasteiger partial charge is 0.241 e. The maximum atomic E-state index is 6.63. The van der Waals surface area contributed by atoms with Crippen LogP contribution in [0, 0.1) is 0 Å². The average Bonchev–Trinajstić information content (AvgIpc) is 4.12. The quantitative estimate of drug-likeness (QED) is 0.118. The van der Waals surface area contributed by atoms with Crippen molar-refractivity contribution < 1.29 is 4.42 Å². The Morgan fingerprint density at radius 3 is 1.52 bits per heavy atom. The van der Waals surface area contributed by atoms with Crippen molar-refractivity contribution in [3.05, 3.63) is 206 Å². The minimum atomic E-state index is -0.0295. The zero-order valence-corrected chi connectivity index (χ0v) is 35.9. The van der Waals surface area contributed by atoms with E-state index in [1.807, 2.05) is 0 Å². The Morgan fingerprint density at radius 2 is 0.859 bits per heavy atom. The highest BCUT2D eigenvalue weighted by molar-refractivity contribution is 7.22. The molecule has 0 amide bonds. The van der Waals surface area contributed by atoms with Crippen molar-refractivity contribution >= 4 is 110 Å². The van der Waals surface area contributed by atoms with Gasteiger partial charge in [0.25, 0.3) is 0 Å². The second-order valence-corrected chi connectivity index (χ2v) is 18.4. The summed E-state index contributed by atoms with van der Waals surface area (Å²) < 4.78 is 9.01. The Kier molecular flexibility index (Phi) is 8.64. The van der Waals surface area contributed by atoms with Crippen LogP contribution in [0.15, 0.2) is 211 Å². The van der Waals surface area contributed by atoms with E-state index in [4.69, 9.17) is 19.4 Å². The summed E-state index contributed by atoms with van der Waals surface area (Å²) in [6.07, 6.45) is 0. The lowest BCUT2D eigenvalue weighted by atomic mass is 9.37. The van der Waals surface area contributed by atoms with Crippen LogP contribution >= 0.6 is 22.7 Å². The molecule has 0 spiro atoms. The second-order valence-electron chi connectivity index (χ2n) is 16.3. The zero-order chi connectivity index (χ0) is 42.1. The molecule has 0 aliphatic rings. The minimum absolute atomic E-state index is 0.0295. The first-order valence-corrected chi connectivity index (χ1v) is 23.1. The topological polar surface area (TPSA) is 51.8 Å². The number of benzene rings is 10. The molecular formula is C57H34BN3OS2. The highest BCUT2D eigenvalue weighted by atomic mass is 32.1. The first-order chi connectivity index (χ1) is 31.7. The van der Waals surface area contributed by atoms with Gasteiger partial charge in [-0.2, -0.15) is 0 Å². The van der Waals surface area contributed by atoms with E-state index in [1.54, 1.807) is 22.7 Å². The van der Waals surface area contributed by atoms with E-state index in [-0.39, 0.29) is 6.71 Å². The van der Waals surface area contributed by atoms with Crippen LogP contribution in [-0.2, 0) is 0 Å². The van der Waals surface area contributed by atoms with Crippen LogP contribution in [0.1, 0.15) is 0 Å². The summed E-state index contributed by atoms with van der Waals surface area (Å²) in [7, 11) is 0. The molecule has 3 aromatic heterocycles. The van der Waals surface area contributed by atoms with E-state index in [2.05, 4.69) is 206 Å². The third-order valence-electron chi connectivity index (χ3n) is 12.5. The molecule has 13 rings (SSSR count). The van der Waals surface area contributed by atoms with E-state index in [0.717, 1.165) is 59.6 Å². The molecule has 13 aromatic rings. The van der Waals surface area contributed by atoms with Crippen LogP contribution in [0.4, 0.5) is 0 Å². The van der Waals surface area contributed by atoms with Crippen molar-refractivity contribution in [2.45, 2.75) is 0 Å². The van der Waals surface area contributed by atoms with Crippen LogP contribution in [0.25, 0.3) is 108 Å². The molecular weight excluding hydrogens is 818 g/mol. The third kappa shape index (κ3) is 6.31. The molecule has 0 saturated carbocycles. The van der Waals surface area contributed by atoms with E-state index in [1.165, 1.54) is 58.5 Å². The van der Waals surface area contributed by atoms with Crippen molar-refractivity contribution in [2.24, 2.45) is 0 Å². The van der Waals surface area contributed by atoms with E-state index < -0.39 is 0 Å². The van der Waals surface area contributed by atoms with Gasteiger partial charge in [0.15, 0.2) is 5.58 Å². The van der Waals surface area contributed by atoms with Gasteiger partial charge in [0.1, 0.15) is 15.5 Å². The van der Waals surface area contributed by atoms with Crippen LogP contribution < -0.4 is 16.4 Å². The molecule has 7 heteroatoms. The lowest BCUT2D eigenvalue weighted by molar-refractivity contribution is 0.623.